The number of carbonyl (C=O) groups excluding carboxylic acids is 1. The van der Waals surface area contributed by atoms with Crippen LogP contribution in [0.1, 0.15) is 30.3 Å². The Morgan fingerprint density at radius 3 is 3.00 bits per heavy atom. The number of para-hydroxylation sites is 1. The average molecular weight is 304 g/mol. The summed E-state index contributed by atoms with van der Waals surface area (Å²) in [5.74, 6) is 0.829. The van der Waals surface area contributed by atoms with Crippen LogP contribution in [-0.2, 0) is 0 Å². The molecule has 2 aromatic rings. The minimum atomic E-state index is -0.748. The first-order valence-corrected chi connectivity index (χ1v) is 8.37. The van der Waals surface area contributed by atoms with Crippen LogP contribution in [0.3, 0.4) is 0 Å². The molecular formula is C16H20N2O2S. The number of amides is 1. The summed E-state index contributed by atoms with van der Waals surface area (Å²) in [6.45, 7) is 2.41. The van der Waals surface area contributed by atoms with Crippen LogP contribution in [0.25, 0.3) is 10.9 Å². The van der Waals surface area contributed by atoms with Gasteiger partial charge in [-0.2, -0.15) is 11.8 Å². The molecule has 0 aliphatic heterocycles. The summed E-state index contributed by atoms with van der Waals surface area (Å²) in [6.07, 6.45) is 1.79. The third-order valence-electron chi connectivity index (χ3n) is 4.14. The van der Waals surface area contributed by atoms with Gasteiger partial charge in [-0.15, -0.1) is 0 Å². The van der Waals surface area contributed by atoms with Crippen LogP contribution in [0, 0.1) is 0 Å². The van der Waals surface area contributed by atoms with Gasteiger partial charge in [-0.25, -0.2) is 0 Å². The Kier molecular flexibility index (Phi) is 3.95. The van der Waals surface area contributed by atoms with Crippen LogP contribution in [0.4, 0.5) is 0 Å². The van der Waals surface area contributed by atoms with E-state index in [0.717, 1.165) is 29.5 Å². The molecule has 3 N–H and O–H groups in total. The Morgan fingerprint density at radius 2 is 2.33 bits per heavy atom. The zero-order valence-electron chi connectivity index (χ0n) is 12.1. The lowest BCUT2D eigenvalue weighted by atomic mass is 9.79. The molecule has 0 unspecified atom stereocenters. The van der Waals surface area contributed by atoms with E-state index in [1.165, 1.54) is 0 Å². The second kappa shape index (κ2) is 5.73. The number of aliphatic hydroxyl groups is 1. The Morgan fingerprint density at radius 1 is 1.52 bits per heavy atom. The van der Waals surface area contributed by atoms with Gasteiger partial charge in [0.1, 0.15) is 5.69 Å². The number of hydrogen-bond donors (Lipinski definition) is 3. The number of fused-ring (bicyclic) bond motifs is 1. The van der Waals surface area contributed by atoms with Crippen LogP contribution in [0.5, 0.6) is 0 Å². The first kappa shape index (κ1) is 14.5. The number of rotatable bonds is 5. The van der Waals surface area contributed by atoms with E-state index < -0.39 is 5.60 Å². The van der Waals surface area contributed by atoms with Crippen molar-refractivity contribution in [1.82, 2.24) is 10.3 Å². The monoisotopic (exact) mass is 304 g/mol. The molecule has 1 aliphatic carbocycles. The van der Waals surface area contributed by atoms with E-state index in [0.29, 0.717) is 12.2 Å². The maximum Gasteiger partial charge on any atom is 0.267 e. The summed E-state index contributed by atoms with van der Waals surface area (Å²) < 4.78 is 0. The number of carbonyl (C=O) groups is 1. The van der Waals surface area contributed by atoms with E-state index >= 15 is 0 Å². The molecule has 1 aromatic carbocycles. The number of H-pyrrole nitrogens is 1. The summed E-state index contributed by atoms with van der Waals surface area (Å²) in [7, 11) is 0. The first-order chi connectivity index (χ1) is 10.1. The average Bonchev–Trinajstić information content (AvgIpc) is 2.93. The molecule has 1 heterocycles. The Labute approximate surface area is 128 Å². The number of benzene rings is 1. The largest absolute Gasteiger partial charge is 0.387 e. The molecule has 1 amide bonds. The molecule has 0 bridgehead atoms. The van der Waals surface area contributed by atoms with E-state index in [-0.39, 0.29) is 11.2 Å². The molecule has 21 heavy (non-hydrogen) atoms. The van der Waals surface area contributed by atoms with Crippen molar-refractivity contribution in [1.29, 1.82) is 0 Å². The third kappa shape index (κ3) is 2.80. The predicted octanol–water partition coefficient (Wildman–Crippen LogP) is 2.54. The SMILES string of the molecule is CCS[C@H]1CC[C@@]1(O)CNC(=O)c1cc2ccccc2[nH]1. The van der Waals surface area contributed by atoms with Crippen LogP contribution in [-0.4, -0.2) is 39.1 Å². The van der Waals surface area contributed by atoms with Crippen molar-refractivity contribution in [3.63, 3.8) is 0 Å². The van der Waals surface area contributed by atoms with Crippen LogP contribution in [0.15, 0.2) is 30.3 Å². The van der Waals surface area contributed by atoms with Crippen molar-refractivity contribution in [3.8, 4) is 0 Å². The second-order valence-corrected chi connectivity index (χ2v) is 7.02. The number of aromatic nitrogens is 1. The predicted molar refractivity (Wildman–Crippen MR) is 86.7 cm³/mol. The fourth-order valence-electron chi connectivity index (χ4n) is 2.76. The molecule has 5 heteroatoms. The Balaban J connectivity index is 1.64. The molecule has 1 fully saturated rings. The summed E-state index contributed by atoms with van der Waals surface area (Å²) in [4.78, 5) is 15.3. The van der Waals surface area contributed by atoms with Gasteiger partial charge < -0.3 is 15.4 Å². The number of thioether (sulfide) groups is 1. The zero-order valence-corrected chi connectivity index (χ0v) is 12.9. The maximum absolute atomic E-state index is 12.2. The van der Waals surface area contributed by atoms with E-state index in [4.69, 9.17) is 0 Å². The molecular weight excluding hydrogens is 284 g/mol. The molecule has 1 saturated carbocycles. The van der Waals surface area contributed by atoms with Gasteiger partial charge in [0.25, 0.3) is 5.91 Å². The Hall–Kier alpha value is -1.46. The lowest BCUT2D eigenvalue weighted by molar-refractivity contribution is -0.0222. The highest BCUT2D eigenvalue weighted by Crippen LogP contribution is 2.40. The molecule has 3 rings (SSSR count). The van der Waals surface area contributed by atoms with Crippen molar-refractivity contribution in [2.75, 3.05) is 12.3 Å². The number of nitrogens with one attached hydrogen (secondary N) is 2. The summed E-state index contributed by atoms with van der Waals surface area (Å²) in [6, 6.07) is 9.63. The van der Waals surface area contributed by atoms with Gasteiger partial charge in [0, 0.05) is 22.7 Å². The highest BCUT2D eigenvalue weighted by Gasteiger charge is 2.45. The second-order valence-electron chi connectivity index (χ2n) is 5.54. The quantitative estimate of drug-likeness (QED) is 0.795. The molecule has 112 valence electrons. The molecule has 0 saturated heterocycles. The highest BCUT2D eigenvalue weighted by atomic mass is 32.2. The molecule has 2 atom stereocenters. The summed E-state index contributed by atoms with van der Waals surface area (Å²) in [5, 5.41) is 14.6. The first-order valence-electron chi connectivity index (χ1n) is 7.32. The van der Waals surface area contributed by atoms with Gasteiger partial charge in [-0.3, -0.25) is 4.79 Å². The molecule has 0 radical (unpaired) electrons. The van der Waals surface area contributed by atoms with Crippen LogP contribution in [0.2, 0.25) is 0 Å². The van der Waals surface area contributed by atoms with E-state index in [2.05, 4.69) is 17.2 Å². The van der Waals surface area contributed by atoms with Crippen LogP contribution < -0.4 is 5.32 Å². The fraction of sp³-hybridized carbons (Fsp3) is 0.438. The maximum atomic E-state index is 12.2. The van der Waals surface area contributed by atoms with Crippen molar-refractivity contribution in [3.05, 3.63) is 36.0 Å². The fourth-order valence-corrected chi connectivity index (χ4v) is 3.96. The van der Waals surface area contributed by atoms with Gasteiger partial charge in [-0.05, 0) is 30.7 Å². The smallest absolute Gasteiger partial charge is 0.267 e. The van der Waals surface area contributed by atoms with Gasteiger partial charge in [0.2, 0.25) is 0 Å². The minimum Gasteiger partial charge on any atom is -0.387 e. The lowest BCUT2D eigenvalue weighted by Crippen LogP contribution is -2.57. The molecule has 4 nitrogen and oxygen atoms in total. The minimum absolute atomic E-state index is 0.160. The van der Waals surface area contributed by atoms with Crippen molar-refractivity contribution in [2.24, 2.45) is 0 Å². The van der Waals surface area contributed by atoms with Gasteiger partial charge in [0.15, 0.2) is 0 Å². The van der Waals surface area contributed by atoms with Gasteiger partial charge >= 0.3 is 0 Å². The molecule has 0 spiro atoms. The number of aromatic amines is 1. The van der Waals surface area contributed by atoms with Crippen molar-refractivity contribution >= 4 is 28.6 Å². The van der Waals surface area contributed by atoms with E-state index in [1.807, 2.05) is 30.3 Å². The lowest BCUT2D eigenvalue weighted by Gasteiger charge is -2.45. The van der Waals surface area contributed by atoms with Crippen LogP contribution >= 0.6 is 11.8 Å². The topological polar surface area (TPSA) is 65.1 Å². The molecule has 1 aromatic heterocycles. The standard InChI is InChI=1S/C16H20N2O2S/c1-2-21-14-7-8-16(14,20)10-17-15(19)13-9-11-5-3-4-6-12(11)18-13/h3-6,9,14,18,20H,2,7-8,10H2,1H3,(H,17,19)/t14-,16+/m0/s1. The third-order valence-corrected chi connectivity index (χ3v) is 5.55. The van der Waals surface area contributed by atoms with Crippen molar-refractivity contribution < 1.29 is 9.90 Å². The molecule has 1 aliphatic rings. The van der Waals surface area contributed by atoms with Gasteiger partial charge in [0.05, 0.1) is 5.60 Å². The zero-order chi connectivity index (χ0) is 14.9. The Bertz CT molecular complexity index is 622. The normalized spacial score (nSPS) is 24.8. The number of hydrogen-bond acceptors (Lipinski definition) is 3. The highest BCUT2D eigenvalue weighted by molar-refractivity contribution is 8.00. The van der Waals surface area contributed by atoms with Gasteiger partial charge in [-0.1, -0.05) is 25.1 Å². The van der Waals surface area contributed by atoms with E-state index in [9.17, 15) is 9.90 Å². The summed E-state index contributed by atoms with van der Waals surface area (Å²) in [5.41, 5.74) is 0.741. The summed E-state index contributed by atoms with van der Waals surface area (Å²) >= 11 is 1.77. The van der Waals surface area contributed by atoms with Crippen molar-refractivity contribution in [2.45, 2.75) is 30.6 Å². The van der Waals surface area contributed by atoms with E-state index in [1.54, 1.807) is 11.8 Å².